The average Bonchev–Trinajstić information content (AvgIpc) is 2.31. The lowest BCUT2D eigenvalue weighted by atomic mass is 10.0. The standard InChI is InChI=1S/C12H10O5S/c13-12-7-6-10(17-18(14,15)16)8-11(12)9-4-2-1-3-5-9/h1-8,13H,(H,14,15,16). The van der Waals surface area contributed by atoms with Crippen LogP contribution in [0.5, 0.6) is 11.5 Å². The van der Waals surface area contributed by atoms with Crippen LogP contribution in [0, 0.1) is 0 Å². The van der Waals surface area contributed by atoms with E-state index in [1.807, 2.05) is 6.07 Å². The molecular formula is C12H10O5S. The Morgan fingerprint density at radius 3 is 2.28 bits per heavy atom. The highest BCUT2D eigenvalue weighted by Crippen LogP contribution is 2.32. The summed E-state index contributed by atoms with van der Waals surface area (Å²) in [6.07, 6.45) is 0. The largest absolute Gasteiger partial charge is 0.507 e. The van der Waals surface area contributed by atoms with Gasteiger partial charge >= 0.3 is 10.4 Å². The van der Waals surface area contributed by atoms with Crippen molar-refractivity contribution in [1.82, 2.24) is 0 Å². The molecule has 0 unspecified atom stereocenters. The third-order valence-electron chi connectivity index (χ3n) is 2.25. The first-order valence-electron chi connectivity index (χ1n) is 5.01. The molecule has 0 bridgehead atoms. The molecule has 0 fully saturated rings. The summed E-state index contributed by atoms with van der Waals surface area (Å²) in [4.78, 5) is 0. The van der Waals surface area contributed by atoms with Gasteiger partial charge in [0.25, 0.3) is 0 Å². The topological polar surface area (TPSA) is 83.8 Å². The summed E-state index contributed by atoms with van der Waals surface area (Å²) in [6.45, 7) is 0. The minimum Gasteiger partial charge on any atom is -0.507 e. The van der Waals surface area contributed by atoms with Crippen LogP contribution < -0.4 is 4.18 Å². The Morgan fingerprint density at radius 1 is 1.00 bits per heavy atom. The van der Waals surface area contributed by atoms with Crippen LogP contribution in [-0.2, 0) is 10.4 Å². The van der Waals surface area contributed by atoms with Crippen LogP contribution in [-0.4, -0.2) is 18.1 Å². The third kappa shape index (κ3) is 2.99. The Bertz CT molecular complexity index is 649. The zero-order chi connectivity index (χ0) is 13.2. The van der Waals surface area contributed by atoms with Crippen molar-refractivity contribution in [2.45, 2.75) is 0 Å². The average molecular weight is 266 g/mol. The monoisotopic (exact) mass is 266 g/mol. The van der Waals surface area contributed by atoms with Gasteiger partial charge < -0.3 is 9.29 Å². The highest BCUT2D eigenvalue weighted by atomic mass is 32.3. The minimum atomic E-state index is -4.57. The van der Waals surface area contributed by atoms with Gasteiger partial charge in [0.1, 0.15) is 11.5 Å². The van der Waals surface area contributed by atoms with Crippen LogP contribution in [0.2, 0.25) is 0 Å². The molecule has 18 heavy (non-hydrogen) atoms. The van der Waals surface area contributed by atoms with Crippen molar-refractivity contribution >= 4 is 10.4 Å². The second kappa shape index (κ2) is 4.67. The lowest BCUT2D eigenvalue weighted by Gasteiger charge is -2.07. The van der Waals surface area contributed by atoms with Crippen molar-refractivity contribution < 1.29 is 22.3 Å². The maximum absolute atomic E-state index is 10.6. The number of phenolic OH excluding ortho intramolecular Hbond substituents is 1. The maximum atomic E-state index is 10.6. The fourth-order valence-electron chi connectivity index (χ4n) is 1.54. The Balaban J connectivity index is 2.46. The molecule has 0 saturated carbocycles. The van der Waals surface area contributed by atoms with Crippen LogP contribution in [0.3, 0.4) is 0 Å². The second-order valence-electron chi connectivity index (χ2n) is 3.56. The Kier molecular flexibility index (Phi) is 3.22. The minimum absolute atomic E-state index is 0.0103. The van der Waals surface area contributed by atoms with Crippen molar-refractivity contribution in [1.29, 1.82) is 0 Å². The van der Waals surface area contributed by atoms with Crippen LogP contribution in [0.1, 0.15) is 0 Å². The summed E-state index contributed by atoms with van der Waals surface area (Å²) >= 11 is 0. The molecule has 0 radical (unpaired) electrons. The first-order chi connectivity index (χ1) is 8.46. The molecule has 2 aromatic rings. The van der Waals surface area contributed by atoms with E-state index in [4.69, 9.17) is 4.55 Å². The van der Waals surface area contributed by atoms with Crippen molar-refractivity contribution in [2.24, 2.45) is 0 Å². The molecule has 0 aliphatic rings. The molecular weight excluding hydrogens is 256 g/mol. The molecule has 94 valence electrons. The summed E-state index contributed by atoms with van der Waals surface area (Å²) < 4.78 is 34.1. The molecule has 6 heteroatoms. The van der Waals surface area contributed by atoms with E-state index in [0.29, 0.717) is 11.1 Å². The summed E-state index contributed by atoms with van der Waals surface area (Å²) in [5.41, 5.74) is 1.12. The number of rotatable bonds is 3. The van der Waals surface area contributed by atoms with Crippen LogP contribution in [0.4, 0.5) is 0 Å². The molecule has 0 atom stereocenters. The van der Waals surface area contributed by atoms with E-state index < -0.39 is 10.4 Å². The quantitative estimate of drug-likeness (QED) is 0.832. The zero-order valence-corrected chi connectivity index (χ0v) is 9.96. The van der Waals surface area contributed by atoms with Crippen LogP contribution in [0.25, 0.3) is 11.1 Å². The molecule has 5 nitrogen and oxygen atoms in total. The molecule has 2 aromatic carbocycles. The summed E-state index contributed by atoms with van der Waals surface area (Å²) in [7, 11) is -4.57. The Morgan fingerprint density at radius 2 is 1.67 bits per heavy atom. The van der Waals surface area contributed by atoms with Gasteiger partial charge in [-0.1, -0.05) is 30.3 Å². The predicted octanol–water partition coefficient (Wildman–Crippen LogP) is 2.24. The fourth-order valence-corrected chi connectivity index (χ4v) is 1.88. The highest BCUT2D eigenvalue weighted by Gasteiger charge is 2.10. The van der Waals surface area contributed by atoms with Gasteiger partial charge in [0, 0.05) is 5.56 Å². The fraction of sp³-hybridized carbons (Fsp3) is 0. The Hall–Kier alpha value is -2.05. The van der Waals surface area contributed by atoms with Gasteiger partial charge in [0.2, 0.25) is 0 Å². The molecule has 2 N–H and O–H groups in total. The Labute approximate surface area is 104 Å². The number of benzene rings is 2. The van der Waals surface area contributed by atoms with E-state index in [9.17, 15) is 13.5 Å². The van der Waals surface area contributed by atoms with Crippen molar-refractivity contribution in [3.63, 3.8) is 0 Å². The van der Waals surface area contributed by atoms with E-state index in [-0.39, 0.29) is 11.5 Å². The lowest BCUT2D eigenvalue weighted by molar-refractivity contribution is 0.386. The summed E-state index contributed by atoms with van der Waals surface area (Å²) in [5, 5.41) is 9.72. The first kappa shape index (κ1) is 12.4. The van der Waals surface area contributed by atoms with Gasteiger partial charge in [-0.05, 0) is 23.8 Å². The lowest BCUT2D eigenvalue weighted by Crippen LogP contribution is -2.06. The second-order valence-corrected chi connectivity index (χ2v) is 4.58. The van der Waals surface area contributed by atoms with Gasteiger partial charge in [-0.25, -0.2) is 0 Å². The maximum Gasteiger partial charge on any atom is 0.446 e. The van der Waals surface area contributed by atoms with Gasteiger partial charge in [-0.2, -0.15) is 8.42 Å². The summed E-state index contributed by atoms with van der Waals surface area (Å²) in [6, 6.07) is 12.8. The number of hydrogen-bond acceptors (Lipinski definition) is 4. The van der Waals surface area contributed by atoms with Gasteiger partial charge in [0.05, 0.1) is 0 Å². The van der Waals surface area contributed by atoms with Crippen molar-refractivity contribution in [2.75, 3.05) is 0 Å². The van der Waals surface area contributed by atoms with E-state index in [0.717, 1.165) is 0 Å². The van der Waals surface area contributed by atoms with Crippen molar-refractivity contribution in [3.05, 3.63) is 48.5 Å². The van der Waals surface area contributed by atoms with Gasteiger partial charge in [0.15, 0.2) is 0 Å². The zero-order valence-electron chi connectivity index (χ0n) is 9.15. The smallest absolute Gasteiger partial charge is 0.446 e. The predicted molar refractivity (Wildman–Crippen MR) is 65.7 cm³/mol. The van der Waals surface area contributed by atoms with E-state index in [1.54, 1.807) is 24.3 Å². The highest BCUT2D eigenvalue weighted by molar-refractivity contribution is 7.81. The van der Waals surface area contributed by atoms with Crippen molar-refractivity contribution in [3.8, 4) is 22.6 Å². The van der Waals surface area contributed by atoms with E-state index in [1.165, 1.54) is 18.2 Å². The third-order valence-corrected chi connectivity index (χ3v) is 2.66. The van der Waals surface area contributed by atoms with Gasteiger partial charge in [-0.15, -0.1) is 0 Å². The van der Waals surface area contributed by atoms with Gasteiger partial charge in [-0.3, -0.25) is 4.55 Å². The van der Waals surface area contributed by atoms with E-state index >= 15 is 0 Å². The number of phenols is 1. The first-order valence-corrected chi connectivity index (χ1v) is 6.37. The molecule has 0 spiro atoms. The SMILES string of the molecule is O=S(=O)(O)Oc1ccc(O)c(-c2ccccc2)c1. The molecule has 0 heterocycles. The van der Waals surface area contributed by atoms with Crippen LogP contribution >= 0.6 is 0 Å². The molecule has 0 aliphatic carbocycles. The summed E-state index contributed by atoms with van der Waals surface area (Å²) in [5.74, 6) is -0.0851. The number of hydrogen-bond donors (Lipinski definition) is 2. The number of aromatic hydroxyl groups is 1. The molecule has 0 saturated heterocycles. The molecule has 2 rings (SSSR count). The molecule has 0 aliphatic heterocycles. The normalized spacial score (nSPS) is 11.2. The molecule has 0 amide bonds. The van der Waals surface area contributed by atoms with Crippen LogP contribution in [0.15, 0.2) is 48.5 Å². The van der Waals surface area contributed by atoms with E-state index in [2.05, 4.69) is 4.18 Å². The molecule has 0 aromatic heterocycles.